The summed E-state index contributed by atoms with van der Waals surface area (Å²) in [4.78, 5) is 0. The molecule has 3 heteroatoms. The Kier molecular flexibility index (Phi) is 4.63. The third-order valence-electron chi connectivity index (χ3n) is 8.87. The van der Waals surface area contributed by atoms with E-state index in [-0.39, 0.29) is 0 Å². The van der Waals surface area contributed by atoms with Gasteiger partial charge in [-0.1, -0.05) is 91.0 Å². The molecular weight excluding hydrogens is 545 g/mol. The number of thiophene rings is 1. The fourth-order valence-corrected chi connectivity index (χ4v) is 8.10. The Balaban J connectivity index is 1.30. The second-order valence-corrected chi connectivity index (χ2v) is 12.3. The van der Waals surface area contributed by atoms with Crippen molar-refractivity contribution in [3.63, 3.8) is 0 Å². The Labute approximate surface area is 250 Å². The molecule has 0 fully saturated rings. The number of hydrogen-bond donors (Lipinski definition) is 0. The van der Waals surface area contributed by atoms with Crippen LogP contribution in [0.2, 0.25) is 0 Å². The lowest BCUT2D eigenvalue weighted by atomic mass is 9.87. The minimum atomic E-state index is 0.844. The SMILES string of the molecule is c1ccc2c(c1)oc1ccc3cc(-c4c5ccccc5c(-c5ccc6sc7ccccc7c6c5)c5ccccc45)oc3c12. The van der Waals surface area contributed by atoms with Crippen molar-refractivity contribution in [3.05, 3.63) is 133 Å². The first kappa shape index (κ1) is 23.2. The molecule has 0 spiro atoms. The molecule has 2 nitrogen and oxygen atoms in total. The van der Waals surface area contributed by atoms with Crippen LogP contribution in [0.4, 0.5) is 0 Å². The molecule has 0 bridgehead atoms. The van der Waals surface area contributed by atoms with Gasteiger partial charge in [0.2, 0.25) is 0 Å². The van der Waals surface area contributed by atoms with Gasteiger partial charge in [-0.2, -0.15) is 0 Å². The molecule has 0 atom stereocenters. The fraction of sp³-hybridized carbons (Fsp3) is 0. The molecule has 0 amide bonds. The fourth-order valence-electron chi connectivity index (χ4n) is 7.02. The van der Waals surface area contributed by atoms with E-state index in [0.717, 1.165) is 44.2 Å². The lowest BCUT2D eigenvalue weighted by Gasteiger charge is -2.16. The lowest BCUT2D eigenvalue weighted by Crippen LogP contribution is -1.89. The molecule has 10 rings (SSSR count). The maximum Gasteiger partial charge on any atom is 0.146 e. The van der Waals surface area contributed by atoms with Crippen LogP contribution in [0.15, 0.2) is 142 Å². The van der Waals surface area contributed by atoms with Crippen LogP contribution in [0.3, 0.4) is 0 Å². The second-order valence-electron chi connectivity index (χ2n) is 11.2. The van der Waals surface area contributed by atoms with E-state index in [1.807, 2.05) is 23.5 Å². The van der Waals surface area contributed by atoms with Crippen molar-refractivity contribution in [2.24, 2.45) is 0 Å². The third kappa shape index (κ3) is 3.23. The Morgan fingerprint density at radius 2 is 1.05 bits per heavy atom. The first-order chi connectivity index (χ1) is 21.3. The van der Waals surface area contributed by atoms with Crippen LogP contribution < -0.4 is 0 Å². The molecule has 0 aliphatic heterocycles. The summed E-state index contributed by atoms with van der Waals surface area (Å²) in [5.74, 6) is 0.867. The molecule has 10 aromatic rings. The van der Waals surface area contributed by atoms with Crippen molar-refractivity contribution < 1.29 is 8.83 Å². The van der Waals surface area contributed by atoms with Gasteiger partial charge >= 0.3 is 0 Å². The number of hydrogen-bond acceptors (Lipinski definition) is 3. The van der Waals surface area contributed by atoms with Gasteiger partial charge in [-0.3, -0.25) is 0 Å². The van der Waals surface area contributed by atoms with E-state index in [0.29, 0.717) is 0 Å². The minimum Gasteiger partial charge on any atom is -0.456 e. The van der Waals surface area contributed by atoms with E-state index in [2.05, 4.69) is 121 Å². The van der Waals surface area contributed by atoms with Crippen LogP contribution in [-0.2, 0) is 0 Å². The van der Waals surface area contributed by atoms with Gasteiger partial charge in [0, 0.05) is 36.5 Å². The van der Waals surface area contributed by atoms with Crippen LogP contribution in [0.1, 0.15) is 0 Å². The summed E-state index contributed by atoms with van der Waals surface area (Å²) in [5.41, 5.74) is 6.19. The molecule has 0 aliphatic rings. The van der Waals surface area contributed by atoms with Gasteiger partial charge in [-0.25, -0.2) is 0 Å². The van der Waals surface area contributed by atoms with Crippen LogP contribution in [-0.4, -0.2) is 0 Å². The summed E-state index contributed by atoms with van der Waals surface area (Å²) in [5, 5.41) is 10.6. The zero-order valence-electron chi connectivity index (χ0n) is 22.9. The smallest absolute Gasteiger partial charge is 0.146 e. The summed E-state index contributed by atoms with van der Waals surface area (Å²) < 4.78 is 15.6. The summed E-state index contributed by atoms with van der Waals surface area (Å²) in [6.45, 7) is 0. The molecule has 0 saturated carbocycles. The Hall–Kier alpha value is -5.38. The first-order valence-corrected chi connectivity index (χ1v) is 15.3. The monoisotopic (exact) mass is 566 g/mol. The van der Waals surface area contributed by atoms with Crippen LogP contribution in [0.5, 0.6) is 0 Å². The number of fused-ring (bicyclic) bond motifs is 10. The van der Waals surface area contributed by atoms with Crippen LogP contribution in [0, 0.1) is 0 Å². The maximum atomic E-state index is 6.83. The highest BCUT2D eigenvalue weighted by atomic mass is 32.1. The van der Waals surface area contributed by atoms with E-state index in [1.54, 1.807) is 0 Å². The van der Waals surface area contributed by atoms with Crippen molar-refractivity contribution in [3.8, 4) is 22.5 Å². The van der Waals surface area contributed by atoms with Crippen molar-refractivity contribution in [2.75, 3.05) is 0 Å². The van der Waals surface area contributed by atoms with E-state index in [1.165, 1.54) is 52.8 Å². The minimum absolute atomic E-state index is 0.844. The highest BCUT2D eigenvalue weighted by molar-refractivity contribution is 7.25. The zero-order valence-corrected chi connectivity index (χ0v) is 23.7. The van der Waals surface area contributed by atoms with E-state index >= 15 is 0 Å². The van der Waals surface area contributed by atoms with Gasteiger partial charge < -0.3 is 8.83 Å². The van der Waals surface area contributed by atoms with Gasteiger partial charge in [0.1, 0.15) is 22.5 Å². The standard InChI is InChI=1S/C40H22O2S/c1-3-12-28-26(10-1)37(23-18-20-36-31(21-23)25-9-6-8-16-35(25)43-36)27-11-2-4-13-29(27)38(28)34-22-24-17-19-33-39(40(24)42-34)30-14-5-7-15-32(30)41-33/h1-22H. The van der Waals surface area contributed by atoms with Crippen LogP contribution >= 0.6 is 11.3 Å². The van der Waals surface area contributed by atoms with Crippen molar-refractivity contribution in [2.45, 2.75) is 0 Å². The predicted octanol–water partition coefficient (Wildman–Crippen LogP) is 12.3. The molecule has 7 aromatic carbocycles. The molecule has 0 radical (unpaired) electrons. The predicted molar refractivity (Wildman–Crippen MR) is 182 cm³/mol. The molecule has 0 unspecified atom stereocenters. The van der Waals surface area contributed by atoms with Crippen molar-refractivity contribution in [1.29, 1.82) is 0 Å². The van der Waals surface area contributed by atoms with Crippen LogP contribution in [0.25, 0.3) is 97.1 Å². The second kappa shape index (κ2) is 8.57. The summed E-state index contributed by atoms with van der Waals surface area (Å²) in [6.07, 6.45) is 0. The Bertz CT molecular complexity index is 2680. The van der Waals surface area contributed by atoms with Gasteiger partial charge in [0.05, 0.1) is 5.39 Å². The Morgan fingerprint density at radius 1 is 0.419 bits per heavy atom. The summed E-state index contributed by atoms with van der Waals surface area (Å²) in [6, 6.07) is 47.7. The first-order valence-electron chi connectivity index (χ1n) is 14.5. The van der Waals surface area contributed by atoms with Gasteiger partial charge in [-0.15, -0.1) is 11.3 Å². The molecule has 3 aromatic heterocycles. The quantitative estimate of drug-likeness (QED) is 0.195. The largest absolute Gasteiger partial charge is 0.456 e. The molecule has 3 heterocycles. The zero-order chi connectivity index (χ0) is 28.1. The lowest BCUT2D eigenvalue weighted by molar-refractivity contribution is 0.635. The molecule has 43 heavy (non-hydrogen) atoms. The average Bonchev–Trinajstić information content (AvgIpc) is 3.76. The van der Waals surface area contributed by atoms with Gasteiger partial charge in [0.25, 0.3) is 0 Å². The molecular formula is C40H22O2S. The van der Waals surface area contributed by atoms with Crippen molar-refractivity contribution >= 4 is 86.0 Å². The van der Waals surface area contributed by atoms with Gasteiger partial charge in [-0.05, 0) is 75.1 Å². The van der Waals surface area contributed by atoms with E-state index in [9.17, 15) is 0 Å². The number of para-hydroxylation sites is 1. The van der Waals surface area contributed by atoms with Gasteiger partial charge in [0.15, 0.2) is 0 Å². The molecule has 0 saturated heterocycles. The molecule has 0 aliphatic carbocycles. The number of furan rings is 2. The van der Waals surface area contributed by atoms with E-state index in [4.69, 9.17) is 8.83 Å². The number of rotatable bonds is 2. The highest BCUT2D eigenvalue weighted by Crippen LogP contribution is 2.47. The summed E-state index contributed by atoms with van der Waals surface area (Å²) >= 11 is 1.86. The average molecular weight is 567 g/mol. The summed E-state index contributed by atoms with van der Waals surface area (Å²) in [7, 11) is 0. The Morgan fingerprint density at radius 3 is 1.81 bits per heavy atom. The number of benzene rings is 7. The maximum absolute atomic E-state index is 6.83. The molecule has 0 N–H and O–H groups in total. The normalized spacial score (nSPS) is 12.2. The molecule has 200 valence electrons. The van der Waals surface area contributed by atoms with Crippen molar-refractivity contribution in [1.82, 2.24) is 0 Å². The third-order valence-corrected chi connectivity index (χ3v) is 10.0. The topological polar surface area (TPSA) is 26.3 Å². The van der Waals surface area contributed by atoms with E-state index < -0.39 is 0 Å². The highest BCUT2D eigenvalue weighted by Gasteiger charge is 2.21.